The molecule has 0 saturated carbocycles. The molecule has 0 heterocycles. The highest BCUT2D eigenvalue weighted by Crippen LogP contribution is 2.29. The van der Waals surface area contributed by atoms with Crippen molar-refractivity contribution in [1.82, 2.24) is 0 Å². The number of hydrogen-bond acceptors (Lipinski definition) is 6. The smallest absolute Gasteiger partial charge is 0.176 e. The van der Waals surface area contributed by atoms with Crippen molar-refractivity contribution in [3.8, 4) is 12.1 Å². The molecule has 4 aromatic rings. The van der Waals surface area contributed by atoms with Crippen LogP contribution in [-0.4, -0.2) is 40.6 Å². The summed E-state index contributed by atoms with van der Waals surface area (Å²) in [5.74, 6) is 0. The summed E-state index contributed by atoms with van der Waals surface area (Å²) in [6.45, 7) is 0. The summed E-state index contributed by atoms with van der Waals surface area (Å²) in [6.07, 6.45) is 3.24. The molecule has 36 heavy (non-hydrogen) atoms. The molecular weight excluding hydrogens is 444 g/mol. The van der Waals surface area contributed by atoms with E-state index in [-0.39, 0.29) is 11.4 Å². The van der Waals surface area contributed by atoms with Crippen molar-refractivity contribution >= 4 is 45.3 Å². The number of hydrogen-bond donors (Lipinski definition) is 0. The molecule has 4 aromatic carbocycles. The van der Waals surface area contributed by atoms with Gasteiger partial charge in [0, 0.05) is 73.9 Å². The highest BCUT2D eigenvalue weighted by molar-refractivity contribution is 6.06. The minimum absolute atomic E-state index is 0.0382. The Kier molecular flexibility index (Phi) is 7.09. The molecule has 0 aromatic heterocycles. The Labute approximate surface area is 211 Å². The SMILES string of the molecule is CN(C)c1ccc(C=NC(C#N)=C(C#N)N=Cc2ccc(N(C)C)c3ccccc23)c2ccccc12. The van der Waals surface area contributed by atoms with E-state index < -0.39 is 0 Å². The zero-order valence-electron chi connectivity index (χ0n) is 20.8. The molecule has 0 aliphatic heterocycles. The number of benzene rings is 4. The summed E-state index contributed by atoms with van der Waals surface area (Å²) in [5, 5.41) is 23.7. The van der Waals surface area contributed by atoms with Gasteiger partial charge in [-0.25, -0.2) is 9.98 Å². The number of fused-ring (bicyclic) bond motifs is 2. The zero-order valence-corrected chi connectivity index (χ0v) is 20.8. The fourth-order valence-corrected chi connectivity index (χ4v) is 4.17. The van der Waals surface area contributed by atoms with E-state index in [9.17, 15) is 10.5 Å². The molecule has 0 fully saturated rings. The number of rotatable bonds is 6. The van der Waals surface area contributed by atoms with E-state index >= 15 is 0 Å². The first-order valence-corrected chi connectivity index (χ1v) is 11.5. The quantitative estimate of drug-likeness (QED) is 0.259. The largest absolute Gasteiger partial charge is 0.377 e. The second-order valence-corrected chi connectivity index (χ2v) is 8.67. The molecule has 0 saturated heterocycles. The predicted octanol–water partition coefficient (Wildman–Crippen LogP) is 5.92. The van der Waals surface area contributed by atoms with E-state index in [2.05, 4.69) is 31.9 Å². The van der Waals surface area contributed by atoms with Gasteiger partial charge in [0.25, 0.3) is 0 Å². The standard InChI is InChI=1S/C30H26N6/c1-35(2)29-15-13-21(23-9-5-7-11-25(23)29)19-33-27(17-31)28(18-32)34-20-22-14-16-30(36(3)4)26-12-8-6-10-24(22)26/h5-16,19-20H,1-4H3. The van der Waals surface area contributed by atoms with Crippen LogP contribution in [0, 0.1) is 22.7 Å². The average Bonchev–Trinajstić information content (AvgIpc) is 2.89. The number of anilines is 2. The molecule has 176 valence electrons. The third kappa shape index (κ3) is 4.80. The topological polar surface area (TPSA) is 78.8 Å². The maximum atomic E-state index is 9.74. The molecule has 0 aliphatic rings. The van der Waals surface area contributed by atoms with Crippen molar-refractivity contribution in [2.24, 2.45) is 9.98 Å². The van der Waals surface area contributed by atoms with Crippen LogP contribution in [0.15, 0.2) is 94.2 Å². The van der Waals surface area contributed by atoms with Crippen LogP contribution in [0.3, 0.4) is 0 Å². The van der Waals surface area contributed by atoms with E-state index in [1.165, 1.54) is 0 Å². The Bertz CT molecular complexity index is 1490. The Morgan fingerprint density at radius 3 is 1.28 bits per heavy atom. The molecule has 0 N–H and O–H groups in total. The Balaban J connectivity index is 1.73. The molecule has 0 spiro atoms. The third-order valence-electron chi connectivity index (χ3n) is 5.93. The molecule has 4 rings (SSSR count). The van der Waals surface area contributed by atoms with Crippen molar-refractivity contribution < 1.29 is 0 Å². The van der Waals surface area contributed by atoms with Crippen LogP contribution in [0.25, 0.3) is 21.5 Å². The molecular formula is C30H26N6. The first kappa shape index (κ1) is 24.2. The second kappa shape index (κ2) is 10.5. The lowest BCUT2D eigenvalue weighted by atomic mass is 10.0. The summed E-state index contributed by atoms with van der Waals surface area (Å²) >= 11 is 0. The van der Waals surface area contributed by atoms with Crippen molar-refractivity contribution in [1.29, 1.82) is 10.5 Å². The van der Waals surface area contributed by atoms with Gasteiger partial charge >= 0.3 is 0 Å². The average molecular weight is 471 g/mol. The van der Waals surface area contributed by atoms with Gasteiger partial charge in [0.15, 0.2) is 11.4 Å². The summed E-state index contributed by atoms with van der Waals surface area (Å²) in [4.78, 5) is 12.8. The predicted molar refractivity (Wildman–Crippen MR) is 150 cm³/mol. The van der Waals surface area contributed by atoms with Gasteiger partial charge in [0.05, 0.1) is 0 Å². The first-order chi connectivity index (χ1) is 17.4. The minimum Gasteiger partial charge on any atom is -0.377 e. The van der Waals surface area contributed by atoms with Crippen molar-refractivity contribution in [3.63, 3.8) is 0 Å². The van der Waals surface area contributed by atoms with Gasteiger partial charge in [-0.2, -0.15) is 10.5 Å². The van der Waals surface area contributed by atoms with Crippen LogP contribution in [-0.2, 0) is 0 Å². The van der Waals surface area contributed by atoms with Gasteiger partial charge in [0.2, 0.25) is 0 Å². The van der Waals surface area contributed by atoms with Gasteiger partial charge < -0.3 is 9.80 Å². The van der Waals surface area contributed by atoms with E-state index in [0.29, 0.717) is 0 Å². The second-order valence-electron chi connectivity index (χ2n) is 8.67. The minimum atomic E-state index is -0.0382. The van der Waals surface area contributed by atoms with Gasteiger partial charge in [-0.3, -0.25) is 0 Å². The summed E-state index contributed by atoms with van der Waals surface area (Å²) in [5.41, 5.74) is 3.82. The number of aliphatic imine (C=N–C) groups is 2. The van der Waals surface area contributed by atoms with Crippen molar-refractivity contribution in [3.05, 3.63) is 95.3 Å². The van der Waals surface area contributed by atoms with E-state index in [1.54, 1.807) is 12.4 Å². The fraction of sp³-hybridized carbons (Fsp3) is 0.133. The number of nitriles is 2. The Morgan fingerprint density at radius 1 is 0.583 bits per heavy atom. The normalized spacial score (nSPS) is 12.1. The van der Waals surface area contributed by atoms with Crippen LogP contribution < -0.4 is 9.80 Å². The molecule has 0 amide bonds. The molecule has 0 unspecified atom stereocenters. The third-order valence-corrected chi connectivity index (χ3v) is 5.93. The van der Waals surface area contributed by atoms with Gasteiger partial charge in [-0.15, -0.1) is 0 Å². The monoisotopic (exact) mass is 470 g/mol. The Hall–Kier alpha value is -4.94. The van der Waals surface area contributed by atoms with Gasteiger partial charge in [-0.05, 0) is 22.9 Å². The van der Waals surface area contributed by atoms with Gasteiger partial charge in [-0.1, -0.05) is 60.7 Å². The van der Waals surface area contributed by atoms with Gasteiger partial charge in [0.1, 0.15) is 12.1 Å². The first-order valence-electron chi connectivity index (χ1n) is 11.5. The Morgan fingerprint density at radius 2 is 0.944 bits per heavy atom. The molecule has 0 atom stereocenters. The van der Waals surface area contributed by atoms with Crippen molar-refractivity contribution in [2.45, 2.75) is 0 Å². The van der Waals surface area contributed by atoms with Crippen LogP contribution in [0.4, 0.5) is 11.4 Å². The fourth-order valence-electron chi connectivity index (χ4n) is 4.17. The summed E-state index contributed by atoms with van der Waals surface area (Å²) in [6, 6.07) is 28.1. The maximum Gasteiger partial charge on any atom is 0.176 e. The molecule has 6 heteroatoms. The lowest BCUT2D eigenvalue weighted by Gasteiger charge is -2.16. The molecule has 0 bridgehead atoms. The number of allylic oxidation sites excluding steroid dienone is 2. The summed E-state index contributed by atoms with van der Waals surface area (Å²) < 4.78 is 0. The molecule has 0 aliphatic carbocycles. The molecule has 6 nitrogen and oxygen atoms in total. The van der Waals surface area contributed by atoms with Crippen LogP contribution in [0.1, 0.15) is 11.1 Å². The highest BCUT2D eigenvalue weighted by Gasteiger charge is 2.09. The van der Waals surface area contributed by atoms with Crippen LogP contribution >= 0.6 is 0 Å². The lowest BCUT2D eigenvalue weighted by Crippen LogP contribution is -2.09. The van der Waals surface area contributed by atoms with Crippen molar-refractivity contribution in [2.75, 3.05) is 38.0 Å². The lowest BCUT2D eigenvalue weighted by molar-refractivity contribution is 1.14. The van der Waals surface area contributed by atoms with Crippen LogP contribution in [0.5, 0.6) is 0 Å². The van der Waals surface area contributed by atoms with E-state index in [4.69, 9.17) is 0 Å². The number of nitrogens with zero attached hydrogens (tertiary/aromatic N) is 6. The van der Waals surface area contributed by atoms with E-state index in [1.807, 2.05) is 101 Å². The highest BCUT2D eigenvalue weighted by atomic mass is 15.1. The molecule has 0 radical (unpaired) electrons. The summed E-state index contributed by atoms with van der Waals surface area (Å²) in [7, 11) is 8.00. The van der Waals surface area contributed by atoms with Crippen LogP contribution in [0.2, 0.25) is 0 Å². The zero-order chi connectivity index (χ0) is 25.7. The maximum absolute atomic E-state index is 9.74. The van der Waals surface area contributed by atoms with E-state index in [0.717, 1.165) is 44.0 Å².